The van der Waals surface area contributed by atoms with Crippen molar-refractivity contribution in [3.63, 3.8) is 0 Å². The van der Waals surface area contributed by atoms with Crippen molar-refractivity contribution in [1.29, 1.82) is 0 Å². The van der Waals surface area contributed by atoms with Gasteiger partial charge in [-0.25, -0.2) is 0 Å². The number of ether oxygens (including phenoxy) is 1. The van der Waals surface area contributed by atoms with Gasteiger partial charge in [-0.15, -0.1) is 0 Å². The SMILES string of the molecule is CC(=O)OCCN(C)C(C)C. The minimum atomic E-state index is -0.206. The van der Waals surface area contributed by atoms with E-state index in [4.69, 9.17) is 4.74 Å². The Bertz CT molecular complexity index is 123. The second-order valence-corrected chi connectivity index (χ2v) is 2.91. The molecule has 0 amide bonds. The Morgan fingerprint density at radius 3 is 2.45 bits per heavy atom. The van der Waals surface area contributed by atoms with Crippen LogP contribution >= 0.6 is 0 Å². The number of carbonyl (C=O) groups is 1. The van der Waals surface area contributed by atoms with E-state index in [0.717, 1.165) is 6.54 Å². The van der Waals surface area contributed by atoms with Crippen LogP contribution in [0.25, 0.3) is 0 Å². The van der Waals surface area contributed by atoms with Crippen LogP contribution in [-0.4, -0.2) is 37.1 Å². The van der Waals surface area contributed by atoms with Crippen molar-refractivity contribution in [1.82, 2.24) is 4.90 Å². The molecule has 3 nitrogen and oxygen atoms in total. The molecule has 0 aromatic rings. The van der Waals surface area contributed by atoms with E-state index in [-0.39, 0.29) is 5.97 Å². The molecular formula is C8H17NO2. The third-order valence-electron chi connectivity index (χ3n) is 1.63. The second-order valence-electron chi connectivity index (χ2n) is 2.91. The van der Waals surface area contributed by atoms with E-state index < -0.39 is 0 Å². The van der Waals surface area contributed by atoms with Crippen molar-refractivity contribution in [3.05, 3.63) is 0 Å². The first-order valence-corrected chi connectivity index (χ1v) is 3.87. The summed E-state index contributed by atoms with van der Waals surface area (Å²) < 4.78 is 4.78. The molecule has 0 saturated carbocycles. The predicted molar refractivity (Wildman–Crippen MR) is 44.4 cm³/mol. The van der Waals surface area contributed by atoms with Gasteiger partial charge in [0.2, 0.25) is 0 Å². The Labute approximate surface area is 68.3 Å². The Morgan fingerprint density at radius 2 is 2.09 bits per heavy atom. The van der Waals surface area contributed by atoms with E-state index in [1.807, 2.05) is 7.05 Å². The minimum Gasteiger partial charge on any atom is -0.465 e. The summed E-state index contributed by atoms with van der Waals surface area (Å²) in [7, 11) is 2.01. The summed E-state index contributed by atoms with van der Waals surface area (Å²) in [6.45, 7) is 6.93. The lowest BCUT2D eigenvalue weighted by molar-refractivity contribution is -0.141. The fourth-order valence-corrected chi connectivity index (χ4v) is 0.592. The van der Waals surface area contributed by atoms with Crippen molar-refractivity contribution >= 4 is 5.97 Å². The standard InChI is InChI=1S/C8H17NO2/c1-7(2)9(4)5-6-11-8(3)10/h7H,5-6H2,1-4H3. The van der Waals surface area contributed by atoms with Gasteiger partial charge in [0.05, 0.1) is 0 Å². The third-order valence-corrected chi connectivity index (χ3v) is 1.63. The Morgan fingerprint density at radius 1 is 1.55 bits per heavy atom. The fraction of sp³-hybridized carbons (Fsp3) is 0.875. The van der Waals surface area contributed by atoms with Gasteiger partial charge in [-0.3, -0.25) is 4.79 Å². The van der Waals surface area contributed by atoms with Gasteiger partial charge in [-0.1, -0.05) is 0 Å². The van der Waals surface area contributed by atoms with Crippen molar-refractivity contribution in [2.24, 2.45) is 0 Å². The molecule has 0 bridgehead atoms. The van der Waals surface area contributed by atoms with Crippen LogP contribution in [0.3, 0.4) is 0 Å². The molecule has 0 aliphatic carbocycles. The Balaban J connectivity index is 3.31. The molecular weight excluding hydrogens is 142 g/mol. The first-order valence-electron chi connectivity index (χ1n) is 3.87. The van der Waals surface area contributed by atoms with Gasteiger partial charge in [0.25, 0.3) is 0 Å². The maximum atomic E-state index is 10.4. The Hall–Kier alpha value is -0.570. The normalized spacial score (nSPS) is 10.7. The van der Waals surface area contributed by atoms with Crippen LogP contribution in [0.2, 0.25) is 0 Å². The molecule has 0 aliphatic heterocycles. The average molecular weight is 159 g/mol. The fourth-order valence-electron chi connectivity index (χ4n) is 0.592. The number of carbonyl (C=O) groups excluding carboxylic acids is 1. The molecule has 0 heterocycles. The molecule has 0 radical (unpaired) electrons. The zero-order valence-electron chi connectivity index (χ0n) is 7.76. The van der Waals surface area contributed by atoms with Gasteiger partial charge < -0.3 is 9.64 Å². The van der Waals surface area contributed by atoms with E-state index in [1.54, 1.807) is 0 Å². The lowest BCUT2D eigenvalue weighted by atomic mass is 10.3. The summed E-state index contributed by atoms with van der Waals surface area (Å²) in [6.07, 6.45) is 0. The quantitative estimate of drug-likeness (QED) is 0.570. The summed E-state index contributed by atoms with van der Waals surface area (Å²) >= 11 is 0. The highest BCUT2D eigenvalue weighted by Gasteiger charge is 2.02. The van der Waals surface area contributed by atoms with E-state index in [0.29, 0.717) is 12.6 Å². The van der Waals surface area contributed by atoms with E-state index in [1.165, 1.54) is 6.92 Å². The van der Waals surface area contributed by atoms with Crippen LogP contribution in [0.4, 0.5) is 0 Å². The van der Waals surface area contributed by atoms with Crippen LogP contribution in [0, 0.1) is 0 Å². The molecule has 66 valence electrons. The number of hydrogen-bond acceptors (Lipinski definition) is 3. The number of nitrogens with zero attached hydrogens (tertiary/aromatic N) is 1. The van der Waals surface area contributed by atoms with Crippen LogP contribution in [0.15, 0.2) is 0 Å². The number of rotatable bonds is 4. The van der Waals surface area contributed by atoms with Gasteiger partial charge in [-0.05, 0) is 20.9 Å². The topological polar surface area (TPSA) is 29.5 Å². The van der Waals surface area contributed by atoms with Gasteiger partial charge in [0.1, 0.15) is 6.61 Å². The van der Waals surface area contributed by atoms with Crippen molar-refractivity contribution in [2.45, 2.75) is 26.8 Å². The Kier molecular flexibility index (Phi) is 4.86. The molecule has 0 fully saturated rings. The monoisotopic (exact) mass is 159 g/mol. The van der Waals surface area contributed by atoms with Gasteiger partial charge in [0.15, 0.2) is 0 Å². The number of likely N-dealkylation sites (N-methyl/N-ethyl adjacent to an activating group) is 1. The number of esters is 1. The van der Waals surface area contributed by atoms with Gasteiger partial charge in [-0.2, -0.15) is 0 Å². The molecule has 0 spiro atoms. The number of hydrogen-bond donors (Lipinski definition) is 0. The zero-order chi connectivity index (χ0) is 8.85. The molecule has 0 N–H and O–H groups in total. The molecule has 0 rings (SSSR count). The summed E-state index contributed by atoms with van der Waals surface area (Å²) in [4.78, 5) is 12.5. The minimum absolute atomic E-state index is 0.206. The second kappa shape index (κ2) is 5.13. The first kappa shape index (κ1) is 10.4. The third kappa shape index (κ3) is 5.85. The van der Waals surface area contributed by atoms with E-state index in [9.17, 15) is 4.79 Å². The summed E-state index contributed by atoms with van der Waals surface area (Å²) in [5, 5.41) is 0. The predicted octanol–water partition coefficient (Wildman–Crippen LogP) is 0.890. The van der Waals surface area contributed by atoms with Gasteiger partial charge >= 0.3 is 5.97 Å². The molecule has 3 heteroatoms. The smallest absolute Gasteiger partial charge is 0.302 e. The van der Waals surface area contributed by atoms with Crippen LogP contribution < -0.4 is 0 Å². The van der Waals surface area contributed by atoms with E-state index >= 15 is 0 Å². The molecule has 11 heavy (non-hydrogen) atoms. The molecule has 0 aliphatic rings. The molecule has 0 aromatic carbocycles. The maximum absolute atomic E-state index is 10.4. The van der Waals surface area contributed by atoms with Crippen molar-refractivity contribution in [3.8, 4) is 0 Å². The maximum Gasteiger partial charge on any atom is 0.302 e. The summed E-state index contributed by atoms with van der Waals surface area (Å²) in [5.41, 5.74) is 0. The first-order chi connectivity index (χ1) is 5.04. The zero-order valence-corrected chi connectivity index (χ0v) is 7.76. The highest BCUT2D eigenvalue weighted by atomic mass is 16.5. The van der Waals surface area contributed by atoms with Crippen LogP contribution in [-0.2, 0) is 9.53 Å². The summed E-state index contributed by atoms with van der Waals surface area (Å²) in [6, 6.07) is 0.505. The highest BCUT2D eigenvalue weighted by Crippen LogP contribution is 1.92. The molecule has 0 saturated heterocycles. The van der Waals surface area contributed by atoms with Crippen LogP contribution in [0.1, 0.15) is 20.8 Å². The lowest BCUT2D eigenvalue weighted by Crippen LogP contribution is -2.30. The molecule has 0 aromatic heterocycles. The molecule has 0 unspecified atom stereocenters. The van der Waals surface area contributed by atoms with E-state index in [2.05, 4.69) is 18.7 Å². The average Bonchev–Trinajstić information content (AvgIpc) is 1.86. The highest BCUT2D eigenvalue weighted by molar-refractivity contribution is 5.65. The largest absolute Gasteiger partial charge is 0.465 e. The van der Waals surface area contributed by atoms with Gasteiger partial charge in [0, 0.05) is 19.5 Å². The van der Waals surface area contributed by atoms with Crippen molar-refractivity contribution < 1.29 is 9.53 Å². The summed E-state index contributed by atoms with van der Waals surface area (Å²) in [5.74, 6) is -0.206. The lowest BCUT2D eigenvalue weighted by Gasteiger charge is -2.20. The van der Waals surface area contributed by atoms with Crippen molar-refractivity contribution in [2.75, 3.05) is 20.2 Å². The van der Waals surface area contributed by atoms with Crippen LogP contribution in [0.5, 0.6) is 0 Å². The molecule has 0 atom stereocenters.